The van der Waals surface area contributed by atoms with E-state index in [0.29, 0.717) is 12.5 Å². The first-order valence-electron chi connectivity index (χ1n) is 5.79. The Morgan fingerprint density at radius 1 is 1.41 bits per heavy atom. The number of hydrogen-bond acceptors (Lipinski definition) is 3. The van der Waals surface area contributed by atoms with Gasteiger partial charge in [0.05, 0.1) is 5.57 Å². The molecule has 1 aliphatic heterocycles. The summed E-state index contributed by atoms with van der Waals surface area (Å²) in [6.07, 6.45) is 7.36. The number of aliphatic imine (C=N–C) groups is 1. The highest BCUT2D eigenvalue weighted by atomic mass is 16.5. The average Bonchev–Trinajstić information content (AvgIpc) is 2.54. The van der Waals surface area contributed by atoms with Gasteiger partial charge >= 0.3 is 0 Å². The van der Waals surface area contributed by atoms with E-state index in [1.54, 1.807) is 6.08 Å². The van der Waals surface area contributed by atoms with E-state index in [2.05, 4.69) is 25.2 Å². The van der Waals surface area contributed by atoms with Crippen LogP contribution in [0.4, 0.5) is 0 Å². The van der Waals surface area contributed by atoms with E-state index in [1.807, 2.05) is 19.1 Å². The van der Waals surface area contributed by atoms with Crippen LogP contribution in [0, 0.1) is 0 Å². The molecule has 0 saturated heterocycles. The summed E-state index contributed by atoms with van der Waals surface area (Å²) in [6, 6.07) is 0. The van der Waals surface area contributed by atoms with Crippen molar-refractivity contribution in [3.05, 3.63) is 47.8 Å². The van der Waals surface area contributed by atoms with Crippen LogP contribution in [0.25, 0.3) is 0 Å². The van der Waals surface area contributed by atoms with Gasteiger partial charge < -0.3 is 9.47 Å². The Bertz CT molecular complexity index is 389. The predicted octanol–water partition coefficient (Wildman–Crippen LogP) is 3.72. The minimum atomic E-state index is 0.407. The van der Waals surface area contributed by atoms with Crippen LogP contribution in [0.1, 0.15) is 26.7 Å². The molecule has 0 amide bonds. The summed E-state index contributed by atoms with van der Waals surface area (Å²) in [7, 11) is 0. The fourth-order valence-corrected chi connectivity index (χ4v) is 1.42. The Hall–Kier alpha value is -1.77. The molecular formula is C14H19NO2. The number of ether oxygens (including phenoxy) is 2. The SMILES string of the molecule is C=CC1=C(N=C)OC(CC)=C(/C=C\CC)OC1. The fraction of sp³-hybridized carbons (Fsp3) is 0.357. The maximum Gasteiger partial charge on any atom is 0.224 e. The minimum absolute atomic E-state index is 0.407. The molecule has 0 radical (unpaired) electrons. The van der Waals surface area contributed by atoms with Crippen molar-refractivity contribution in [3.63, 3.8) is 0 Å². The van der Waals surface area contributed by atoms with E-state index in [0.717, 1.165) is 29.9 Å². The summed E-state index contributed by atoms with van der Waals surface area (Å²) in [5, 5.41) is 0. The van der Waals surface area contributed by atoms with E-state index >= 15 is 0 Å². The molecule has 0 N–H and O–H groups in total. The van der Waals surface area contributed by atoms with Crippen LogP contribution >= 0.6 is 0 Å². The van der Waals surface area contributed by atoms with Gasteiger partial charge in [0.2, 0.25) is 5.88 Å². The molecule has 0 aromatic carbocycles. The molecule has 0 aromatic heterocycles. The number of allylic oxidation sites excluding steroid dienone is 3. The third kappa shape index (κ3) is 3.34. The normalized spacial score (nSPS) is 16.6. The van der Waals surface area contributed by atoms with Crippen molar-refractivity contribution < 1.29 is 9.47 Å². The summed E-state index contributed by atoms with van der Waals surface area (Å²) in [4.78, 5) is 3.87. The maximum absolute atomic E-state index is 5.71. The lowest BCUT2D eigenvalue weighted by molar-refractivity contribution is 0.231. The number of hydrogen-bond donors (Lipinski definition) is 0. The standard InChI is InChI=1S/C14H19NO2/c1-5-8-9-13-12(7-3)17-14(15-4)11(6-2)10-16-13/h6,8-9H,2,4-5,7,10H2,1,3H3/b9-8-. The molecular weight excluding hydrogens is 214 g/mol. The molecule has 3 nitrogen and oxygen atoms in total. The van der Waals surface area contributed by atoms with Gasteiger partial charge in [0.1, 0.15) is 12.4 Å². The zero-order chi connectivity index (χ0) is 12.7. The van der Waals surface area contributed by atoms with Crippen LogP contribution in [-0.4, -0.2) is 13.3 Å². The van der Waals surface area contributed by atoms with E-state index in [9.17, 15) is 0 Å². The first-order valence-corrected chi connectivity index (χ1v) is 5.79. The van der Waals surface area contributed by atoms with Crippen molar-refractivity contribution >= 4 is 6.72 Å². The molecule has 17 heavy (non-hydrogen) atoms. The monoisotopic (exact) mass is 233 g/mol. The first-order chi connectivity index (χ1) is 8.26. The summed E-state index contributed by atoms with van der Waals surface area (Å²) >= 11 is 0. The molecule has 0 fully saturated rings. The molecule has 0 aliphatic carbocycles. The topological polar surface area (TPSA) is 30.8 Å². The molecule has 0 saturated carbocycles. The summed E-state index contributed by atoms with van der Waals surface area (Å²) in [5.74, 6) is 2.01. The van der Waals surface area contributed by atoms with Crippen LogP contribution < -0.4 is 0 Å². The van der Waals surface area contributed by atoms with Gasteiger partial charge in [-0.05, 0) is 19.2 Å². The van der Waals surface area contributed by atoms with E-state index in [4.69, 9.17) is 9.47 Å². The van der Waals surface area contributed by atoms with Gasteiger partial charge in [-0.2, -0.15) is 0 Å². The second kappa shape index (κ2) is 6.74. The molecule has 0 bridgehead atoms. The molecule has 0 atom stereocenters. The Kier molecular flexibility index (Phi) is 5.27. The molecule has 1 rings (SSSR count). The second-order valence-corrected chi connectivity index (χ2v) is 3.53. The number of nitrogens with zero attached hydrogens (tertiary/aromatic N) is 1. The van der Waals surface area contributed by atoms with E-state index in [1.165, 1.54) is 0 Å². The summed E-state index contributed by atoms with van der Waals surface area (Å²) in [5.41, 5.74) is 0.811. The molecule has 0 spiro atoms. The van der Waals surface area contributed by atoms with E-state index in [-0.39, 0.29) is 0 Å². The lowest BCUT2D eigenvalue weighted by Crippen LogP contribution is -1.95. The smallest absolute Gasteiger partial charge is 0.224 e. The Morgan fingerprint density at radius 2 is 2.18 bits per heavy atom. The summed E-state index contributed by atoms with van der Waals surface area (Å²) in [6.45, 7) is 11.7. The van der Waals surface area contributed by atoms with Gasteiger partial charge in [-0.15, -0.1) is 0 Å². The molecule has 92 valence electrons. The third-order valence-electron chi connectivity index (χ3n) is 2.37. The highest BCUT2D eigenvalue weighted by Gasteiger charge is 2.16. The zero-order valence-electron chi connectivity index (χ0n) is 10.5. The minimum Gasteiger partial charge on any atom is -0.485 e. The van der Waals surface area contributed by atoms with Gasteiger partial charge in [0.15, 0.2) is 5.76 Å². The van der Waals surface area contributed by atoms with Crippen molar-refractivity contribution in [2.24, 2.45) is 4.99 Å². The largest absolute Gasteiger partial charge is 0.485 e. The van der Waals surface area contributed by atoms with Crippen LogP contribution in [0.2, 0.25) is 0 Å². The molecule has 0 unspecified atom stereocenters. The van der Waals surface area contributed by atoms with Crippen LogP contribution in [0.3, 0.4) is 0 Å². The highest BCUT2D eigenvalue weighted by molar-refractivity contribution is 5.34. The van der Waals surface area contributed by atoms with Crippen LogP contribution in [0.15, 0.2) is 52.8 Å². The van der Waals surface area contributed by atoms with E-state index < -0.39 is 0 Å². The molecule has 1 aliphatic rings. The first kappa shape index (κ1) is 13.3. The molecule has 1 heterocycles. The Labute approximate surface area is 103 Å². The Morgan fingerprint density at radius 3 is 2.71 bits per heavy atom. The van der Waals surface area contributed by atoms with Crippen LogP contribution in [0.5, 0.6) is 0 Å². The van der Waals surface area contributed by atoms with Crippen molar-refractivity contribution in [2.45, 2.75) is 26.7 Å². The van der Waals surface area contributed by atoms with Crippen molar-refractivity contribution in [1.82, 2.24) is 0 Å². The van der Waals surface area contributed by atoms with Crippen molar-refractivity contribution in [2.75, 3.05) is 6.61 Å². The predicted molar refractivity (Wildman–Crippen MR) is 70.6 cm³/mol. The van der Waals surface area contributed by atoms with Gasteiger partial charge in [-0.25, -0.2) is 4.99 Å². The zero-order valence-corrected chi connectivity index (χ0v) is 10.5. The highest BCUT2D eigenvalue weighted by Crippen LogP contribution is 2.25. The number of rotatable bonds is 5. The second-order valence-electron chi connectivity index (χ2n) is 3.53. The maximum atomic E-state index is 5.71. The summed E-state index contributed by atoms with van der Waals surface area (Å²) < 4.78 is 11.4. The van der Waals surface area contributed by atoms with Crippen molar-refractivity contribution in [1.29, 1.82) is 0 Å². The fourth-order valence-electron chi connectivity index (χ4n) is 1.42. The third-order valence-corrected chi connectivity index (χ3v) is 2.37. The lowest BCUT2D eigenvalue weighted by atomic mass is 10.3. The van der Waals surface area contributed by atoms with Crippen molar-refractivity contribution in [3.8, 4) is 0 Å². The average molecular weight is 233 g/mol. The van der Waals surface area contributed by atoms with Gasteiger partial charge in [0, 0.05) is 6.42 Å². The molecule has 3 heteroatoms. The lowest BCUT2D eigenvalue weighted by Gasteiger charge is -2.08. The van der Waals surface area contributed by atoms with Gasteiger partial charge in [-0.1, -0.05) is 32.6 Å². The Balaban J connectivity index is 3.03. The quantitative estimate of drug-likeness (QED) is 0.677. The van der Waals surface area contributed by atoms with Crippen LogP contribution in [-0.2, 0) is 9.47 Å². The molecule has 0 aromatic rings. The van der Waals surface area contributed by atoms with Gasteiger partial charge in [0.25, 0.3) is 0 Å². The van der Waals surface area contributed by atoms with Gasteiger partial charge in [-0.3, -0.25) is 0 Å².